The van der Waals surface area contributed by atoms with Crippen molar-refractivity contribution >= 4 is 0 Å². The molecule has 0 bridgehead atoms. The van der Waals surface area contributed by atoms with E-state index in [4.69, 9.17) is 4.74 Å². The molecule has 4 nitrogen and oxygen atoms in total. The van der Waals surface area contributed by atoms with E-state index >= 15 is 0 Å². The van der Waals surface area contributed by atoms with Gasteiger partial charge in [-0.2, -0.15) is 0 Å². The third-order valence-electron chi connectivity index (χ3n) is 4.50. The fourth-order valence-electron chi connectivity index (χ4n) is 3.17. The number of ether oxygens (including phenoxy) is 1. The van der Waals surface area contributed by atoms with Crippen LogP contribution in [0.3, 0.4) is 0 Å². The van der Waals surface area contributed by atoms with Gasteiger partial charge in [0.25, 0.3) is 0 Å². The third-order valence-corrected chi connectivity index (χ3v) is 4.50. The fourth-order valence-corrected chi connectivity index (χ4v) is 3.17. The van der Waals surface area contributed by atoms with Crippen molar-refractivity contribution < 1.29 is 19.5 Å². The molecule has 0 radical (unpaired) electrons. The predicted molar refractivity (Wildman–Crippen MR) is 84.8 cm³/mol. The van der Waals surface area contributed by atoms with Gasteiger partial charge in [0.05, 0.1) is 12.7 Å². The van der Waals surface area contributed by atoms with E-state index in [9.17, 15) is 0 Å². The van der Waals surface area contributed by atoms with E-state index in [1.165, 1.54) is 37.3 Å². The molecule has 0 spiro atoms. The summed E-state index contributed by atoms with van der Waals surface area (Å²) in [4.78, 5) is 6.55. The van der Waals surface area contributed by atoms with E-state index < -0.39 is 0 Å². The van der Waals surface area contributed by atoms with Crippen LogP contribution in [0.4, 0.5) is 0 Å². The molecule has 1 aliphatic heterocycles. The van der Waals surface area contributed by atoms with Crippen LogP contribution >= 0.6 is 0 Å². The van der Waals surface area contributed by atoms with Gasteiger partial charge < -0.3 is 14.5 Å². The molecule has 2 heterocycles. The summed E-state index contributed by atoms with van der Waals surface area (Å²) in [7, 11) is 1.72. The summed E-state index contributed by atoms with van der Waals surface area (Å²) in [6.07, 6.45) is 4.08. The molecule has 0 aliphatic carbocycles. The monoisotopic (exact) mass is 300 g/mol. The lowest BCUT2D eigenvalue weighted by Gasteiger charge is -2.29. The number of H-pyrrole nitrogens is 1. The van der Waals surface area contributed by atoms with Crippen molar-refractivity contribution in [3.63, 3.8) is 0 Å². The molecule has 3 rings (SSSR count). The fraction of sp³-hybridized carbons (Fsp3) is 0.389. The van der Waals surface area contributed by atoms with Crippen LogP contribution in [0.25, 0.3) is 0 Å². The smallest absolute Gasteiger partial charge is 0.175 e. The first-order valence-corrected chi connectivity index (χ1v) is 8.08. The quantitative estimate of drug-likeness (QED) is 0.729. The van der Waals surface area contributed by atoms with E-state index in [1.54, 1.807) is 16.9 Å². The minimum absolute atomic E-state index is 0.938. The van der Waals surface area contributed by atoms with Gasteiger partial charge in [0.2, 0.25) is 0 Å². The average Bonchev–Trinajstić information content (AvgIpc) is 2.58. The Bertz CT molecular complexity index is 563. The van der Waals surface area contributed by atoms with Gasteiger partial charge in [0.1, 0.15) is 45.0 Å². The number of nitrogens with one attached hydrogen (secondary N) is 3. The molecule has 0 atom stereocenters. The van der Waals surface area contributed by atoms with Gasteiger partial charge in [0.15, 0.2) is 12.4 Å². The van der Waals surface area contributed by atoms with Crippen LogP contribution in [-0.2, 0) is 13.1 Å². The van der Waals surface area contributed by atoms with Gasteiger partial charge >= 0.3 is 0 Å². The second-order valence-corrected chi connectivity index (χ2v) is 6.11. The zero-order valence-electron chi connectivity index (χ0n) is 13.3. The van der Waals surface area contributed by atoms with Gasteiger partial charge in [-0.15, -0.1) is 0 Å². The molecule has 1 saturated heterocycles. The molecule has 0 amide bonds. The molecule has 2 aromatic rings. The van der Waals surface area contributed by atoms with Crippen LogP contribution in [0, 0.1) is 0 Å². The predicted octanol–water partition coefficient (Wildman–Crippen LogP) is -1.01. The zero-order valence-corrected chi connectivity index (χ0v) is 13.3. The number of methoxy groups -OCH3 is 1. The number of benzene rings is 1. The van der Waals surface area contributed by atoms with Gasteiger partial charge in [-0.1, -0.05) is 0 Å². The lowest BCUT2D eigenvalue weighted by molar-refractivity contribution is -1.02. The molecule has 1 aliphatic rings. The second-order valence-electron chi connectivity index (χ2n) is 6.11. The molecule has 22 heavy (non-hydrogen) atoms. The summed E-state index contributed by atoms with van der Waals surface area (Å²) >= 11 is 0. The first kappa shape index (κ1) is 15.0. The molecular weight excluding hydrogens is 274 g/mol. The summed E-state index contributed by atoms with van der Waals surface area (Å²) in [5, 5.41) is 0. The maximum atomic E-state index is 5.22. The summed E-state index contributed by atoms with van der Waals surface area (Å²) in [5.74, 6) is 0.938. The number of rotatable bonds is 5. The highest BCUT2D eigenvalue weighted by atomic mass is 16.5. The Morgan fingerprint density at radius 1 is 0.909 bits per heavy atom. The van der Waals surface area contributed by atoms with Crippen molar-refractivity contribution in [3.05, 3.63) is 59.9 Å². The van der Waals surface area contributed by atoms with Crippen LogP contribution < -0.4 is 19.5 Å². The molecule has 0 unspecified atom stereocenters. The van der Waals surface area contributed by atoms with Crippen molar-refractivity contribution in [2.24, 2.45) is 0 Å². The Labute approximate surface area is 132 Å². The Balaban J connectivity index is 1.47. The molecule has 116 valence electrons. The van der Waals surface area contributed by atoms with Crippen molar-refractivity contribution in [1.29, 1.82) is 0 Å². The number of hydrogen-bond acceptors (Lipinski definition) is 1. The van der Waals surface area contributed by atoms with Gasteiger partial charge in [-0.25, -0.2) is 4.98 Å². The molecule has 1 fully saturated rings. The molecule has 1 aromatic carbocycles. The SMILES string of the molecule is COc1ccc(C[NH+]2CC[NH+](Cc3ccc[nH+]c3)CC2)cc1. The molecular formula is C18H26N3O+3. The Morgan fingerprint density at radius 3 is 2.09 bits per heavy atom. The summed E-state index contributed by atoms with van der Waals surface area (Å²) < 4.78 is 5.22. The number of aromatic nitrogens is 1. The Kier molecular flexibility index (Phi) is 5.03. The lowest BCUT2D eigenvalue weighted by Crippen LogP contribution is -3.27. The highest BCUT2D eigenvalue weighted by Crippen LogP contribution is 2.10. The number of piperazine rings is 1. The first-order valence-electron chi connectivity index (χ1n) is 8.08. The molecule has 3 N–H and O–H groups in total. The lowest BCUT2D eigenvalue weighted by atomic mass is 10.2. The second kappa shape index (κ2) is 7.38. The van der Waals surface area contributed by atoms with Gasteiger partial charge in [-0.05, 0) is 30.3 Å². The first-order chi connectivity index (χ1) is 10.8. The standard InChI is InChI=1S/C18H23N3O/c1-22-18-6-4-16(5-7-18)14-20-9-11-21(12-10-20)15-17-3-2-8-19-13-17/h2-8,13H,9-12,14-15H2,1H3/p+3. The van der Waals surface area contributed by atoms with Crippen LogP contribution in [0.15, 0.2) is 48.8 Å². The minimum atomic E-state index is 0.938. The van der Waals surface area contributed by atoms with Crippen LogP contribution in [0.2, 0.25) is 0 Å². The summed E-state index contributed by atoms with van der Waals surface area (Å²) in [5.41, 5.74) is 2.80. The Morgan fingerprint density at radius 2 is 1.55 bits per heavy atom. The largest absolute Gasteiger partial charge is 0.497 e. The normalized spacial score (nSPS) is 21.5. The van der Waals surface area contributed by atoms with Crippen molar-refractivity contribution in [2.45, 2.75) is 13.1 Å². The van der Waals surface area contributed by atoms with Crippen LogP contribution in [0.1, 0.15) is 11.1 Å². The van der Waals surface area contributed by atoms with E-state index in [0.717, 1.165) is 18.8 Å². The zero-order chi connectivity index (χ0) is 15.2. The highest BCUT2D eigenvalue weighted by molar-refractivity contribution is 5.26. The highest BCUT2D eigenvalue weighted by Gasteiger charge is 2.23. The molecule has 0 saturated carbocycles. The minimum Gasteiger partial charge on any atom is -0.497 e. The molecule has 1 aromatic heterocycles. The number of pyridine rings is 1. The summed E-state index contributed by atoms with van der Waals surface area (Å²) in [6, 6.07) is 12.8. The number of quaternary nitrogens is 2. The van der Waals surface area contributed by atoms with E-state index in [-0.39, 0.29) is 0 Å². The number of aromatic amines is 1. The van der Waals surface area contributed by atoms with Gasteiger partial charge in [0, 0.05) is 11.6 Å². The van der Waals surface area contributed by atoms with Gasteiger partial charge in [-0.3, -0.25) is 0 Å². The van der Waals surface area contributed by atoms with Crippen molar-refractivity contribution in [1.82, 2.24) is 0 Å². The van der Waals surface area contributed by atoms with E-state index in [2.05, 4.69) is 47.6 Å². The molecule has 4 heteroatoms. The third kappa shape index (κ3) is 4.06. The van der Waals surface area contributed by atoms with E-state index in [0.29, 0.717) is 0 Å². The average molecular weight is 300 g/mol. The Hall–Kier alpha value is -1.91. The topological polar surface area (TPSA) is 32.2 Å². The van der Waals surface area contributed by atoms with Crippen molar-refractivity contribution in [2.75, 3.05) is 33.3 Å². The van der Waals surface area contributed by atoms with Crippen LogP contribution in [-0.4, -0.2) is 33.3 Å². The van der Waals surface area contributed by atoms with Crippen molar-refractivity contribution in [3.8, 4) is 5.75 Å². The van der Waals surface area contributed by atoms with E-state index in [1.807, 2.05) is 6.20 Å². The van der Waals surface area contributed by atoms with Crippen LogP contribution in [0.5, 0.6) is 5.75 Å². The summed E-state index contributed by atoms with van der Waals surface area (Å²) in [6.45, 7) is 7.25. The number of hydrogen-bond donors (Lipinski definition) is 2. The maximum absolute atomic E-state index is 5.22. The maximum Gasteiger partial charge on any atom is 0.175 e.